The van der Waals surface area contributed by atoms with Crippen molar-refractivity contribution in [2.24, 2.45) is 0 Å². The topological polar surface area (TPSA) is 63.2 Å². The molecule has 0 amide bonds. The van der Waals surface area contributed by atoms with Crippen LogP contribution < -0.4 is 4.46 Å². The number of carbonyl (C=O) groups excluding carboxylic acids is 1. The van der Waals surface area contributed by atoms with Gasteiger partial charge in [-0.25, -0.2) is 0 Å². The molecule has 2 saturated heterocycles. The van der Waals surface area contributed by atoms with E-state index in [0.29, 0.717) is 18.8 Å². The van der Waals surface area contributed by atoms with E-state index in [1.165, 1.54) is 4.46 Å². The second-order valence-electron chi connectivity index (χ2n) is 9.65. The van der Waals surface area contributed by atoms with Gasteiger partial charge in [-0.1, -0.05) is 0 Å². The van der Waals surface area contributed by atoms with Gasteiger partial charge in [-0.3, -0.25) is 0 Å². The Kier molecular flexibility index (Phi) is 8.69. The summed E-state index contributed by atoms with van der Waals surface area (Å²) < 4.78 is 33.3. The van der Waals surface area contributed by atoms with Crippen LogP contribution in [0.15, 0.2) is 121 Å². The number of rotatable bonds is 8. The van der Waals surface area contributed by atoms with Crippen LogP contribution in [-0.2, 0) is 30.3 Å². The van der Waals surface area contributed by atoms with E-state index in [9.17, 15) is 4.79 Å². The number of esters is 1. The van der Waals surface area contributed by atoms with Crippen LogP contribution in [0.1, 0.15) is 27.8 Å². The number of hydrogen-bond acceptors (Lipinski definition) is 6. The van der Waals surface area contributed by atoms with Gasteiger partial charge < -0.3 is 0 Å². The van der Waals surface area contributed by atoms with E-state index in [0.717, 1.165) is 11.1 Å². The molecule has 2 fully saturated rings. The molecule has 2 aliphatic heterocycles. The Hall–Kier alpha value is -3.29. The summed E-state index contributed by atoms with van der Waals surface area (Å²) in [5.41, 5.74) is 2.40. The van der Waals surface area contributed by atoms with E-state index in [4.69, 9.17) is 23.7 Å². The van der Waals surface area contributed by atoms with Crippen LogP contribution in [0.3, 0.4) is 0 Å². The van der Waals surface area contributed by atoms with Gasteiger partial charge >= 0.3 is 241 Å². The van der Waals surface area contributed by atoms with Crippen LogP contribution in [0.4, 0.5) is 0 Å². The van der Waals surface area contributed by atoms with Crippen molar-refractivity contribution in [3.05, 3.63) is 138 Å². The summed E-state index contributed by atoms with van der Waals surface area (Å²) in [6, 6.07) is 39.0. The first kappa shape index (κ1) is 26.9. The quantitative estimate of drug-likeness (QED) is 0.216. The summed E-state index contributed by atoms with van der Waals surface area (Å²) >= 11 is -0.124. The average Bonchev–Trinajstić information content (AvgIpc) is 3.02. The molecular weight excluding hydrogens is 571 g/mol. The van der Waals surface area contributed by atoms with Crippen molar-refractivity contribution in [2.75, 3.05) is 6.61 Å². The predicted octanol–water partition coefficient (Wildman–Crippen LogP) is 4.67. The zero-order chi connectivity index (χ0) is 27.1. The molecule has 2 aliphatic rings. The molecule has 40 heavy (non-hydrogen) atoms. The molecule has 1 unspecified atom stereocenters. The zero-order valence-corrected chi connectivity index (χ0v) is 23.5. The van der Waals surface area contributed by atoms with Crippen LogP contribution >= 0.6 is 0 Å². The number of ether oxygens (including phenoxy) is 5. The van der Waals surface area contributed by atoms with E-state index < -0.39 is 36.7 Å². The molecule has 4 aromatic rings. The van der Waals surface area contributed by atoms with Crippen LogP contribution in [0.2, 0.25) is 0 Å². The van der Waals surface area contributed by atoms with Crippen LogP contribution in [0, 0.1) is 0 Å². The van der Waals surface area contributed by atoms with E-state index >= 15 is 0 Å². The van der Waals surface area contributed by atoms with E-state index in [1.807, 2.05) is 97.1 Å². The molecule has 0 aliphatic carbocycles. The molecule has 0 spiro atoms. The van der Waals surface area contributed by atoms with Crippen LogP contribution in [0.25, 0.3) is 0 Å². The second-order valence-corrected chi connectivity index (χ2v) is 12.1. The third kappa shape index (κ3) is 6.37. The van der Waals surface area contributed by atoms with Gasteiger partial charge in [0.2, 0.25) is 0 Å². The molecule has 2 heterocycles. The van der Waals surface area contributed by atoms with Gasteiger partial charge in [0.05, 0.1) is 0 Å². The molecular formula is C33H30O6Se. The summed E-state index contributed by atoms with van der Waals surface area (Å²) in [5, 5.41) is -0.325. The molecule has 7 heteroatoms. The normalized spacial score (nSPS) is 26.0. The summed E-state index contributed by atoms with van der Waals surface area (Å²) in [7, 11) is 0. The third-order valence-corrected chi connectivity index (χ3v) is 9.31. The Morgan fingerprint density at radius 1 is 0.750 bits per heavy atom. The van der Waals surface area contributed by atoms with Crippen molar-refractivity contribution in [3.8, 4) is 0 Å². The zero-order valence-electron chi connectivity index (χ0n) is 21.8. The summed E-state index contributed by atoms with van der Waals surface area (Å²) in [6.45, 7) is 0.669. The van der Waals surface area contributed by atoms with Gasteiger partial charge in [-0.15, -0.1) is 0 Å². The number of carbonyl (C=O) groups is 1. The Labute approximate surface area is 240 Å². The fourth-order valence-corrected chi connectivity index (χ4v) is 7.31. The standard InChI is InChI=1S/C33H30O6Se/c34-31(24-15-7-2-8-16-24)38-29-28-27(22-36-32(39-28)25-17-9-3-10-18-25)37-33(40-26-19-11-4-12-20-26)30(29)35-21-23-13-5-1-6-14-23/h1-20,27-30,32-33H,21-22H2/t27-,28-,29+,30+,32?,33-/m1/s1. The first-order valence-electron chi connectivity index (χ1n) is 13.4. The van der Waals surface area contributed by atoms with Crippen LogP contribution in [0.5, 0.6) is 0 Å². The minimum absolute atomic E-state index is 0.124. The van der Waals surface area contributed by atoms with E-state index in [-0.39, 0.29) is 20.0 Å². The van der Waals surface area contributed by atoms with Gasteiger partial charge in [-0.2, -0.15) is 0 Å². The summed E-state index contributed by atoms with van der Waals surface area (Å²) in [5.74, 6) is -0.420. The monoisotopic (exact) mass is 602 g/mol. The van der Waals surface area contributed by atoms with Crippen molar-refractivity contribution in [3.63, 3.8) is 0 Å². The van der Waals surface area contributed by atoms with Crippen molar-refractivity contribution >= 4 is 25.4 Å². The first-order chi connectivity index (χ1) is 19.7. The average molecular weight is 602 g/mol. The number of benzene rings is 4. The Bertz CT molecular complexity index is 1360. The van der Waals surface area contributed by atoms with Crippen molar-refractivity contribution in [2.45, 2.75) is 42.3 Å². The predicted molar refractivity (Wildman–Crippen MR) is 151 cm³/mol. The van der Waals surface area contributed by atoms with Gasteiger partial charge in [0, 0.05) is 0 Å². The van der Waals surface area contributed by atoms with E-state index in [1.54, 1.807) is 12.1 Å². The molecule has 0 saturated carbocycles. The Balaban J connectivity index is 1.33. The molecule has 0 N–H and O–H groups in total. The summed E-state index contributed by atoms with van der Waals surface area (Å²) in [6.07, 6.45) is -2.85. The van der Waals surface area contributed by atoms with Gasteiger partial charge in [0.15, 0.2) is 0 Å². The second kappa shape index (κ2) is 12.9. The number of fused-ring (bicyclic) bond motifs is 1. The fourth-order valence-electron chi connectivity index (χ4n) is 4.90. The molecule has 6 rings (SSSR count). The Morgan fingerprint density at radius 2 is 1.38 bits per heavy atom. The fraction of sp³-hybridized carbons (Fsp3) is 0.242. The molecule has 6 atom stereocenters. The van der Waals surface area contributed by atoms with Crippen LogP contribution in [-0.4, -0.2) is 57.0 Å². The van der Waals surface area contributed by atoms with Gasteiger partial charge in [-0.05, 0) is 0 Å². The maximum absolute atomic E-state index is 13.4. The Morgan fingerprint density at radius 3 is 2.08 bits per heavy atom. The third-order valence-electron chi connectivity index (χ3n) is 6.89. The van der Waals surface area contributed by atoms with E-state index in [2.05, 4.69) is 12.1 Å². The number of hydrogen-bond donors (Lipinski definition) is 0. The molecule has 0 radical (unpaired) electrons. The molecule has 6 nitrogen and oxygen atoms in total. The van der Waals surface area contributed by atoms with Crippen molar-refractivity contribution in [1.82, 2.24) is 0 Å². The first-order valence-corrected chi connectivity index (χ1v) is 15.2. The molecule has 0 bridgehead atoms. The molecule has 0 aromatic heterocycles. The SMILES string of the molecule is O=C(O[C@@H]1[C@H](OCc2ccccc2)[C@@H]([Se]c2ccccc2)O[C@@H]2COC(c3ccccc3)O[C@@H]12)c1ccccc1. The maximum atomic E-state index is 13.4. The minimum atomic E-state index is -0.708. The van der Waals surface area contributed by atoms with Crippen molar-refractivity contribution < 1.29 is 28.5 Å². The molecule has 4 aromatic carbocycles. The summed E-state index contributed by atoms with van der Waals surface area (Å²) in [4.78, 5) is 13.4. The van der Waals surface area contributed by atoms with Gasteiger partial charge in [0.25, 0.3) is 0 Å². The van der Waals surface area contributed by atoms with Crippen molar-refractivity contribution in [1.29, 1.82) is 0 Å². The molecule has 204 valence electrons. The van der Waals surface area contributed by atoms with Gasteiger partial charge in [0.1, 0.15) is 0 Å².